The molecule has 5 heteroatoms. The van der Waals surface area contributed by atoms with Gasteiger partial charge in [-0.15, -0.1) is 0 Å². The Kier molecular flexibility index (Phi) is 2.48. The second-order valence-corrected chi connectivity index (χ2v) is 4.54. The smallest absolute Gasteiger partial charge is 0.356 e. The molecule has 0 saturated carbocycles. The maximum Gasteiger partial charge on any atom is 0.356 e. The van der Waals surface area contributed by atoms with Gasteiger partial charge in [-0.3, -0.25) is 4.57 Å². The van der Waals surface area contributed by atoms with Crippen molar-refractivity contribution in [1.29, 1.82) is 0 Å². The predicted octanol–water partition coefficient (Wildman–Crippen LogP) is 0.689. The Morgan fingerprint density at radius 1 is 1.23 bits per heavy atom. The number of nitrogen functional groups attached to an aromatic ring is 1. The number of hydrogen-bond acceptors (Lipinski definition) is 2. The first-order valence-corrected chi connectivity index (χ1v) is 5.37. The summed E-state index contributed by atoms with van der Waals surface area (Å²) in [6, 6.07) is 2.88. The molecule has 1 rings (SSSR count). The highest BCUT2D eigenvalue weighted by atomic mass is 31.2. The molecule has 0 spiro atoms. The van der Waals surface area contributed by atoms with Crippen molar-refractivity contribution in [2.75, 3.05) is 5.73 Å². The molecule has 0 atom stereocenters. The summed E-state index contributed by atoms with van der Waals surface area (Å²) in [6.45, 7) is 3.39. The summed E-state index contributed by atoms with van der Waals surface area (Å²) < 4.78 is 11.0. The molecule has 0 aliphatic carbocycles. The summed E-state index contributed by atoms with van der Waals surface area (Å²) >= 11 is 0. The number of nitrogens with two attached hydrogens (primary N) is 1. The predicted molar refractivity (Wildman–Crippen MR) is 52.0 cm³/mol. The summed E-state index contributed by atoms with van der Waals surface area (Å²) in [5.74, 6) is 0. The molecule has 0 amide bonds. The minimum Gasteiger partial charge on any atom is -0.399 e. The largest absolute Gasteiger partial charge is 0.399 e. The first kappa shape index (κ1) is 10.3. The molecule has 0 aliphatic rings. The van der Waals surface area contributed by atoms with Gasteiger partial charge in [0.25, 0.3) is 0 Å². The topological polar surface area (TPSA) is 83.6 Å². The van der Waals surface area contributed by atoms with E-state index in [0.29, 0.717) is 11.3 Å². The molecule has 72 valence electrons. The van der Waals surface area contributed by atoms with Crippen molar-refractivity contribution in [3.05, 3.63) is 23.3 Å². The fourth-order valence-corrected chi connectivity index (χ4v) is 2.02. The lowest BCUT2D eigenvalue weighted by atomic mass is 10.1. The van der Waals surface area contributed by atoms with Crippen molar-refractivity contribution in [2.45, 2.75) is 13.8 Å². The Labute approximate surface area is 76.6 Å². The van der Waals surface area contributed by atoms with Crippen LogP contribution in [-0.4, -0.2) is 9.79 Å². The third-order valence-corrected chi connectivity index (χ3v) is 3.23. The quantitative estimate of drug-likeness (QED) is 0.461. The van der Waals surface area contributed by atoms with Gasteiger partial charge in [0.05, 0.1) is 5.30 Å². The Morgan fingerprint density at radius 3 is 2.23 bits per heavy atom. The average molecular weight is 201 g/mol. The van der Waals surface area contributed by atoms with Crippen LogP contribution in [-0.2, 0) is 4.57 Å². The van der Waals surface area contributed by atoms with E-state index in [0.717, 1.165) is 5.56 Å². The monoisotopic (exact) mass is 201 g/mol. The van der Waals surface area contributed by atoms with E-state index in [4.69, 9.17) is 15.5 Å². The van der Waals surface area contributed by atoms with Gasteiger partial charge >= 0.3 is 7.60 Å². The van der Waals surface area contributed by atoms with Crippen molar-refractivity contribution < 1.29 is 14.4 Å². The van der Waals surface area contributed by atoms with Crippen molar-refractivity contribution in [3.63, 3.8) is 0 Å². The van der Waals surface area contributed by atoms with E-state index in [9.17, 15) is 4.57 Å². The van der Waals surface area contributed by atoms with Gasteiger partial charge in [0.15, 0.2) is 0 Å². The highest BCUT2D eigenvalue weighted by Gasteiger charge is 2.20. The van der Waals surface area contributed by atoms with E-state index < -0.39 is 7.60 Å². The molecule has 1 aromatic carbocycles. The fraction of sp³-hybridized carbons (Fsp3) is 0.250. The third-order valence-electron chi connectivity index (χ3n) is 2.11. The van der Waals surface area contributed by atoms with Gasteiger partial charge in [0.1, 0.15) is 0 Å². The second kappa shape index (κ2) is 3.14. The summed E-state index contributed by atoms with van der Waals surface area (Å²) in [5.41, 5.74) is 7.42. The maximum atomic E-state index is 11.0. The molecule has 0 heterocycles. The summed E-state index contributed by atoms with van der Waals surface area (Å²) in [7, 11) is -4.16. The molecular weight excluding hydrogens is 189 g/mol. The number of anilines is 1. The molecule has 1 aromatic rings. The molecule has 0 saturated heterocycles. The van der Waals surface area contributed by atoms with Gasteiger partial charge in [-0.1, -0.05) is 0 Å². The summed E-state index contributed by atoms with van der Waals surface area (Å²) in [5, 5.41) is 0.0548. The molecule has 13 heavy (non-hydrogen) atoms. The van der Waals surface area contributed by atoms with E-state index in [-0.39, 0.29) is 5.30 Å². The van der Waals surface area contributed by atoms with Gasteiger partial charge in [-0.2, -0.15) is 0 Å². The molecule has 0 aliphatic heterocycles. The first-order chi connectivity index (χ1) is 5.84. The first-order valence-electron chi connectivity index (χ1n) is 3.76. The SMILES string of the molecule is Cc1c(N)ccc(P(=O)(O)O)c1C. The third kappa shape index (κ3) is 1.91. The van der Waals surface area contributed by atoms with Crippen LogP contribution in [0.2, 0.25) is 0 Å². The van der Waals surface area contributed by atoms with Crippen LogP contribution < -0.4 is 11.0 Å². The van der Waals surface area contributed by atoms with E-state index in [1.807, 2.05) is 0 Å². The van der Waals surface area contributed by atoms with Gasteiger partial charge < -0.3 is 15.5 Å². The maximum absolute atomic E-state index is 11.0. The van der Waals surface area contributed by atoms with Gasteiger partial charge in [0.2, 0.25) is 0 Å². The lowest BCUT2D eigenvalue weighted by Gasteiger charge is -2.11. The van der Waals surface area contributed by atoms with Gasteiger partial charge in [0, 0.05) is 5.69 Å². The second-order valence-electron chi connectivity index (χ2n) is 2.97. The van der Waals surface area contributed by atoms with Crippen molar-refractivity contribution >= 4 is 18.6 Å². The van der Waals surface area contributed by atoms with E-state index >= 15 is 0 Å². The van der Waals surface area contributed by atoms with Crippen molar-refractivity contribution in [1.82, 2.24) is 0 Å². The van der Waals surface area contributed by atoms with E-state index in [1.165, 1.54) is 12.1 Å². The molecular formula is C8H12NO3P. The molecule has 0 bridgehead atoms. The normalized spacial score (nSPS) is 11.7. The Bertz CT molecular complexity index is 383. The highest BCUT2D eigenvalue weighted by molar-refractivity contribution is 7.60. The lowest BCUT2D eigenvalue weighted by Crippen LogP contribution is -2.11. The Hall–Kier alpha value is -0.830. The molecule has 0 unspecified atom stereocenters. The number of hydrogen-bond donors (Lipinski definition) is 3. The lowest BCUT2D eigenvalue weighted by molar-refractivity contribution is 0.387. The van der Waals surface area contributed by atoms with E-state index in [1.54, 1.807) is 13.8 Å². The van der Waals surface area contributed by atoms with E-state index in [2.05, 4.69) is 0 Å². The Balaban J connectivity index is 3.44. The summed E-state index contributed by atoms with van der Waals surface area (Å²) in [4.78, 5) is 17.9. The standard InChI is InChI=1S/C8H12NO3P/c1-5-6(2)8(13(10,11)12)4-3-7(5)9/h3-4H,9H2,1-2H3,(H2,10,11,12). The average Bonchev–Trinajstić information content (AvgIpc) is 1.98. The van der Waals surface area contributed by atoms with Crippen LogP contribution in [0.5, 0.6) is 0 Å². The molecule has 0 radical (unpaired) electrons. The number of benzene rings is 1. The van der Waals surface area contributed by atoms with Crippen LogP contribution >= 0.6 is 7.60 Å². The molecule has 4 nitrogen and oxygen atoms in total. The van der Waals surface area contributed by atoms with Crippen LogP contribution in [0.1, 0.15) is 11.1 Å². The minimum absolute atomic E-state index is 0.0548. The van der Waals surface area contributed by atoms with Crippen LogP contribution in [0.25, 0.3) is 0 Å². The molecule has 0 aromatic heterocycles. The van der Waals surface area contributed by atoms with Gasteiger partial charge in [-0.25, -0.2) is 0 Å². The van der Waals surface area contributed by atoms with Crippen LogP contribution in [0.4, 0.5) is 5.69 Å². The van der Waals surface area contributed by atoms with Gasteiger partial charge in [-0.05, 0) is 37.1 Å². The summed E-state index contributed by atoms with van der Waals surface area (Å²) in [6.07, 6.45) is 0. The Morgan fingerprint density at radius 2 is 1.77 bits per heavy atom. The van der Waals surface area contributed by atoms with Crippen LogP contribution in [0.15, 0.2) is 12.1 Å². The zero-order chi connectivity index (χ0) is 10.2. The zero-order valence-corrected chi connectivity index (χ0v) is 8.38. The minimum atomic E-state index is -4.16. The fourth-order valence-electron chi connectivity index (χ4n) is 1.14. The molecule has 0 fully saturated rings. The number of rotatable bonds is 1. The zero-order valence-electron chi connectivity index (χ0n) is 7.48. The van der Waals surface area contributed by atoms with Crippen LogP contribution in [0.3, 0.4) is 0 Å². The van der Waals surface area contributed by atoms with Crippen molar-refractivity contribution in [2.24, 2.45) is 0 Å². The van der Waals surface area contributed by atoms with Crippen molar-refractivity contribution in [3.8, 4) is 0 Å². The molecule has 4 N–H and O–H groups in total. The highest BCUT2D eigenvalue weighted by Crippen LogP contribution is 2.35. The van der Waals surface area contributed by atoms with Crippen LogP contribution in [0, 0.1) is 13.8 Å².